The van der Waals surface area contributed by atoms with Gasteiger partial charge in [0, 0.05) is 19.5 Å². The van der Waals surface area contributed by atoms with Crippen molar-refractivity contribution in [3.63, 3.8) is 0 Å². The van der Waals surface area contributed by atoms with Crippen LogP contribution < -0.4 is 0 Å². The van der Waals surface area contributed by atoms with E-state index in [1.54, 1.807) is 0 Å². The summed E-state index contributed by atoms with van der Waals surface area (Å²) in [7, 11) is 0. The molecule has 6 heteroatoms. The van der Waals surface area contributed by atoms with Gasteiger partial charge in [0.05, 0.1) is 0 Å². The van der Waals surface area contributed by atoms with Gasteiger partial charge in [0.1, 0.15) is 0 Å². The molecule has 0 rings (SSSR count). The molecule has 0 aliphatic carbocycles. The molecule has 0 spiro atoms. The topological polar surface area (TPSA) is 74.6 Å². The Labute approximate surface area is 65.1 Å². The zero-order valence-corrected chi connectivity index (χ0v) is 7.76. The molecule has 0 aliphatic heterocycles. The fraction of sp³-hybridized carbons (Fsp3) is 0. The Morgan fingerprint density at radius 3 is 1.00 bits per heavy atom. The summed E-state index contributed by atoms with van der Waals surface area (Å²) in [4.78, 5) is 16.7. The van der Waals surface area contributed by atoms with Gasteiger partial charge in [-0.2, -0.15) is 0 Å². The standard InChI is InChI=1S/2CH2O2.ClH.Zn/c2*2-1-3;;/h2*1H,(H,2,3);1H;. The summed E-state index contributed by atoms with van der Waals surface area (Å²) in [5, 5.41) is 13.8. The Balaban J connectivity index is -0.0000000160. The SMILES string of the molecule is Cl.O=CO.O=CO.[Zn]. The van der Waals surface area contributed by atoms with Crippen LogP contribution in [0.25, 0.3) is 0 Å². The fourth-order valence-corrected chi connectivity index (χ4v) is 0. The smallest absolute Gasteiger partial charge is 0.290 e. The van der Waals surface area contributed by atoms with Crippen molar-refractivity contribution in [2.75, 3.05) is 0 Å². The Morgan fingerprint density at radius 1 is 1.00 bits per heavy atom. The van der Waals surface area contributed by atoms with E-state index in [1.807, 2.05) is 0 Å². The first-order valence-electron chi connectivity index (χ1n) is 0.988. The molecule has 0 bridgehead atoms. The largest absolute Gasteiger partial charge is 0.483 e. The zero-order chi connectivity index (χ0) is 5.41. The minimum Gasteiger partial charge on any atom is -0.483 e. The Kier molecular flexibility index (Phi) is 212. The molecule has 0 aromatic rings. The van der Waals surface area contributed by atoms with Gasteiger partial charge in [-0.05, 0) is 0 Å². The van der Waals surface area contributed by atoms with Crippen LogP contribution in [0.2, 0.25) is 0 Å². The van der Waals surface area contributed by atoms with Crippen LogP contribution in [0.4, 0.5) is 0 Å². The van der Waals surface area contributed by atoms with Gasteiger partial charge in [0.15, 0.2) is 0 Å². The van der Waals surface area contributed by atoms with Gasteiger partial charge in [-0.15, -0.1) is 12.4 Å². The first-order valence-corrected chi connectivity index (χ1v) is 0.988. The maximum atomic E-state index is 8.36. The predicted molar refractivity (Wildman–Crippen MR) is 24.6 cm³/mol. The molecule has 0 aromatic carbocycles. The van der Waals surface area contributed by atoms with Gasteiger partial charge in [-0.1, -0.05) is 0 Å². The predicted octanol–water partition coefficient (Wildman–Crippen LogP) is -0.179. The summed E-state index contributed by atoms with van der Waals surface area (Å²) in [6.07, 6.45) is 0. The molecule has 8 heavy (non-hydrogen) atoms. The van der Waals surface area contributed by atoms with E-state index in [4.69, 9.17) is 19.8 Å². The van der Waals surface area contributed by atoms with Crippen molar-refractivity contribution in [1.29, 1.82) is 0 Å². The third-order valence-corrected chi connectivity index (χ3v) is 0. The quantitative estimate of drug-likeness (QED) is 0.414. The van der Waals surface area contributed by atoms with Crippen molar-refractivity contribution in [3.8, 4) is 0 Å². The summed E-state index contributed by atoms with van der Waals surface area (Å²) in [5.41, 5.74) is 0. The summed E-state index contributed by atoms with van der Waals surface area (Å²) in [6, 6.07) is 0. The van der Waals surface area contributed by atoms with Crippen molar-refractivity contribution in [2.45, 2.75) is 0 Å². The van der Waals surface area contributed by atoms with Crippen LogP contribution in [0.5, 0.6) is 0 Å². The molecule has 2 N–H and O–H groups in total. The molecular formula is C2H5ClO4Zn. The number of rotatable bonds is 0. The maximum absolute atomic E-state index is 8.36. The second-order valence-electron chi connectivity index (χ2n) is 0.211. The molecule has 0 unspecified atom stereocenters. The van der Waals surface area contributed by atoms with Gasteiger partial charge in [-0.25, -0.2) is 0 Å². The summed E-state index contributed by atoms with van der Waals surface area (Å²) in [5.74, 6) is 0. The Hall–Kier alpha value is -0.147. The van der Waals surface area contributed by atoms with Gasteiger partial charge in [0.25, 0.3) is 12.9 Å². The number of carbonyl (C=O) groups is 2. The van der Waals surface area contributed by atoms with Crippen molar-refractivity contribution in [3.05, 3.63) is 0 Å². The average Bonchev–Trinajstić information content (AvgIpc) is 1.39. The van der Waals surface area contributed by atoms with Crippen LogP contribution in [0.1, 0.15) is 0 Å². The second kappa shape index (κ2) is 68.4. The van der Waals surface area contributed by atoms with E-state index in [9.17, 15) is 0 Å². The molecule has 0 atom stereocenters. The van der Waals surface area contributed by atoms with Crippen molar-refractivity contribution < 1.29 is 39.3 Å². The fourth-order valence-electron chi connectivity index (χ4n) is 0. The van der Waals surface area contributed by atoms with Crippen LogP contribution in [0, 0.1) is 0 Å². The van der Waals surface area contributed by atoms with E-state index in [0.717, 1.165) is 0 Å². The van der Waals surface area contributed by atoms with Gasteiger partial charge >= 0.3 is 0 Å². The first-order chi connectivity index (χ1) is 2.83. The number of halogens is 1. The average molecular weight is 194 g/mol. The van der Waals surface area contributed by atoms with Gasteiger partial charge in [-0.3, -0.25) is 9.59 Å². The third-order valence-electron chi connectivity index (χ3n) is 0. The molecule has 0 heterocycles. The van der Waals surface area contributed by atoms with Crippen LogP contribution in [0.15, 0.2) is 0 Å². The van der Waals surface area contributed by atoms with Crippen LogP contribution in [-0.2, 0) is 29.1 Å². The van der Waals surface area contributed by atoms with Crippen molar-refractivity contribution >= 4 is 25.4 Å². The van der Waals surface area contributed by atoms with E-state index in [-0.39, 0.29) is 44.8 Å². The van der Waals surface area contributed by atoms with Crippen molar-refractivity contribution in [1.82, 2.24) is 0 Å². The van der Waals surface area contributed by atoms with E-state index >= 15 is 0 Å². The van der Waals surface area contributed by atoms with Crippen molar-refractivity contribution in [2.24, 2.45) is 0 Å². The van der Waals surface area contributed by atoms with Crippen LogP contribution in [-0.4, -0.2) is 23.2 Å². The Bertz CT molecular complexity index is 35.0. The Morgan fingerprint density at radius 2 is 1.00 bits per heavy atom. The van der Waals surface area contributed by atoms with E-state index in [0.29, 0.717) is 0 Å². The van der Waals surface area contributed by atoms with Gasteiger partial charge in [0.2, 0.25) is 0 Å². The maximum Gasteiger partial charge on any atom is 0.290 e. The van der Waals surface area contributed by atoms with Crippen LogP contribution >= 0.6 is 12.4 Å². The third kappa shape index (κ3) is 6410. The molecule has 0 saturated heterocycles. The molecular weight excluding hydrogens is 189 g/mol. The molecule has 4 nitrogen and oxygen atoms in total. The molecule has 0 radical (unpaired) electrons. The van der Waals surface area contributed by atoms with Gasteiger partial charge < -0.3 is 10.2 Å². The number of hydrogen-bond donors (Lipinski definition) is 2. The van der Waals surface area contributed by atoms with E-state index in [1.165, 1.54) is 0 Å². The summed E-state index contributed by atoms with van der Waals surface area (Å²) < 4.78 is 0. The monoisotopic (exact) mass is 192 g/mol. The second-order valence-corrected chi connectivity index (χ2v) is 0.211. The molecule has 46 valence electrons. The minimum atomic E-state index is -0.250. The molecule has 0 fully saturated rings. The zero-order valence-electron chi connectivity index (χ0n) is 3.98. The summed E-state index contributed by atoms with van der Waals surface area (Å²) in [6.45, 7) is -0.500. The minimum absolute atomic E-state index is 0. The molecule has 0 aliphatic rings. The molecule has 0 aromatic heterocycles. The number of hydrogen-bond acceptors (Lipinski definition) is 2. The van der Waals surface area contributed by atoms with E-state index < -0.39 is 0 Å². The molecule has 0 amide bonds. The summed E-state index contributed by atoms with van der Waals surface area (Å²) >= 11 is 0. The number of carboxylic acid groups (broad SMARTS) is 2. The first kappa shape index (κ1) is 24.8. The van der Waals surface area contributed by atoms with Crippen LogP contribution in [0.3, 0.4) is 0 Å². The normalized spacial score (nSPS) is 3.00. The molecule has 0 saturated carbocycles. The van der Waals surface area contributed by atoms with E-state index in [2.05, 4.69) is 0 Å².